The summed E-state index contributed by atoms with van der Waals surface area (Å²) in [6.07, 6.45) is -0.384. The fourth-order valence-electron chi connectivity index (χ4n) is 3.15. The molecule has 1 heterocycles. The van der Waals surface area contributed by atoms with Crippen molar-refractivity contribution in [2.24, 2.45) is 0 Å². The van der Waals surface area contributed by atoms with Gasteiger partial charge in [0.25, 0.3) is 5.91 Å². The molecule has 0 aliphatic carbocycles. The summed E-state index contributed by atoms with van der Waals surface area (Å²) in [4.78, 5) is 39.9. The minimum atomic E-state index is -1.04. The first-order valence-corrected chi connectivity index (χ1v) is 9.14. The maximum absolute atomic E-state index is 13.0. The predicted octanol–water partition coefficient (Wildman–Crippen LogP) is 3.20. The van der Waals surface area contributed by atoms with Crippen molar-refractivity contribution in [1.82, 2.24) is 9.80 Å². The average molecular weight is 376 g/mol. The van der Waals surface area contributed by atoms with E-state index in [2.05, 4.69) is 0 Å². The highest BCUT2D eigenvalue weighted by Crippen LogP contribution is 2.26. The number of carboxylic acids is 1. The quantitative estimate of drug-likeness (QED) is 0.875. The number of nitrogens with zero attached hydrogens (tertiary/aromatic N) is 2. The van der Waals surface area contributed by atoms with Gasteiger partial charge in [0, 0.05) is 31.7 Å². The summed E-state index contributed by atoms with van der Waals surface area (Å²) in [7, 11) is 0. The lowest BCUT2D eigenvalue weighted by Crippen LogP contribution is -2.51. The van der Waals surface area contributed by atoms with Gasteiger partial charge in [-0.1, -0.05) is 19.9 Å². The van der Waals surface area contributed by atoms with Crippen LogP contribution in [0.4, 0.5) is 4.79 Å². The number of hydrogen-bond donors (Lipinski definition) is 1. The second-order valence-corrected chi connectivity index (χ2v) is 7.99. The zero-order chi connectivity index (χ0) is 20.4. The molecule has 1 saturated heterocycles. The first-order valence-electron chi connectivity index (χ1n) is 9.14. The van der Waals surface area contributed by atoms with E-state index in [1.54, 1.807) is 21.9 Å². The van der Waals surface area contributed by atoms with Gasteiger partial charge in [-0.3, -0.25) is 4.79 Å². The van der Waals surface area contributed by atoms with E-state index < -0.39 is 11.6 Å². The standard InChI is InChI=1S/C20H28N2O5/c1-13(2)16-14(7-6-8-15(16)18(24)25)17(23)21-9-11-22(12-10-21)19(26)27-20(3,4)5/h6-8,13H,9-12H2,1-5H3,(H,24,25). The van der Waals surface area contributed by atoms with Crippen LogP contribution in [0.1, 0.15) is 66.8 Å². The van der Waals surface area contributed by atoms with Gasteiger partial charge in [0.15, 0.2) is 0 Å². The molecule has 1 aliphatic rings. The summed E-state index contributed by atoms with van der Waals surface area (Å²) in [5.41, 5.74) is 0.552. The van der Waals surface area contributed by atoms with Crippen molar-refractivity contribution < 1.29 is 24.2 Å². The highest BCUT2D eigenvalue weighted by atomic mass is 16.6. The highest BCUT2D eigenvalue weighted by molar-refractivity contribution is 6.00. The lowest BCUT2D eigenvalue weighted by molar-refractivity contribution is 0.0140. The Morgan fingerprint density at radius 3 is 2.00 bits per heavy atom. The summed E-state index contributed by atoms with van der Waals surface area (Å²) in [5, 5.41) is 9.44. The molecule has 148 valence electrons. The van der Waals surface area contributed by atoms with Crippen LogP contribution in [-0.2, 0) is 4.74 Å². The van der Waals surface area contributed by atoms with E-state index >= 15 is 0 Å². The van der Waals surface area contributed by atoms with Crippen LogP contribution < -0.4 is 0 Å². The van der Waals surface area contributed by atoms with Crippen molar-refractivity contribution in [3.63, 3.8) is 0 Å². The fraction of sp³-hybridized carbons (Fsp3) is 0.550. The molecule has 1 aromatic rings. The van der Waals surface area contributed by atoms with Crippen molar-refractivity contribution >= 4 is 18.0 Å². The molecule has 0 aromatic heterocycles. The van der Waals surface area contributed by atoms with Crippen molar-refractivity contribution in [3.05, 3.63) is 34.9 Å². The van der Waals surface area contributed by atoms with Gasteiger partial charge in [-0.05, 0) is 44.4 Å². The average Bonchev–Trinajstić information content (AvgIpc) is 2.59. The molecule has 0 unspecified atom stereocenters. The molecule has 2 rings (SSSR count). The van der Waals surface area contributed by atoms with E-state index in [4.69, 9.17) is 4.74 Å². The van der Waals surface area contributed by atoms with E-state index in [-0.39, 0.29) is 23.5 Å². The first-order chi connectivity index (χ1) is 12.5. The van der Waals surface area contributed by atoms with E-state index in [9.17, 15) is 19.5 Å². The van der Waals surface area contributed by atoms with E-state index in [0.717, 1.165) is 0 Å². The Hall–Kier alpha value is -2.57. The monoisotopic (exact) mass is 376 g/mol. The van der Waals surface area contributed by atoms with E-state index in [1.807, 2.05) is 34.6 Å². The van der Waals surface area contributed by atoms with E-state index in [0.29, 0.717) is 37.3 Å². The molecule has 7 heteroatoms. The van der Waals surface area contributed by atoms with E-state index in [1.165, 1.54) is 6.07 Å². The Morgan fingerprint density at radius 2 is 1.52 bits per heavy atom. The Morgan fingerprint density at radius 1 is 1.00 bits per heavy atom. The van der Waals surface area contributed by atoms with Gasteiger partial charge in [-0.2, -0.15) is 0 Å². The number of carbonyl (C=O) groups excluding carboxylic acids is 2. The lowest BCUT2D eigenvalue weighted by atomic mass is 9.91. The van der Waals surface area contributed by atoms with Gasteiger partial charge in [0.2, 0.25) is 0 Å². The van der Waals surface area contributed by atoms with Crippen molar-refractivity contribution in [1.29, 1.82) is 0 Å². The summed E-state index contributed by atoms with van der Waals surface area (Å²) < 4.78 is 5.37. The van der Waals surface area contributed by atoms with Gasteiger partial charge in [0.05, 0.1) is 5.56 Å². The second-order valence-electron chi connectivity index (χ2n) is 7.99. The topological polar surface area (TPSA) is 87.2 Å². The molecule has 1 N–H and O–H groups in total. The smallest absolute Gasteiger partial charge is 0.410 e. The van der Waals surface area contributed by atoms with Crippen LogP contribution in [0, 0.1) is 0 Å². The number of aromatic carboxylic acids is 1. The van der Waals surface area contributed by atoms with Gasteiger partial charge in [-0.15, -0.1) is 0 Å². The molecule has 1 aliphatic heterocycles. The second kappa shape index (κ2) is 7.98. The van der Waals surface area contributed by atoms with Crippen LogP contribution in [0.5, 0.6) is 0 Å². The Bertz CT molecular complexity index is 728. The highest BCUT2D eigenvalue weighted by Gasteiger charge is 2.30. The molecule has 1 fully saturated rings. The molecule has 0 atom stereocenters. The number of rotatable bonds is 3. The first kappa shape index (κ1) is 20.7. The zero-order valence-electron chi connectivity index (χ0n) is 16.6. The summed E-state index contributed by atoms with van der Waals surface area (Å²) in [6, 6.07) is 4.79. The normalized spacial score (nSPS) is 15.0. The number of carbonyl (C=O) groups is 3. The van der Waals surface area contributed by atoms with Gasteiger partial charge < -0.3 is 19.6 Å². The molecule has 0 bridgehead atoms. The van der Waals surface area contributed by atoms with Crippen LogP contribution in [0.2, 0.25) is 0 Å². The fourth-order valence-corrected chi connectivity index (χ4v) is 3.15. The van der Waals surface area contributed by atoms with Gasteiger partial charge in [0.1, 0.15) is 5.60 Å². The third-order valence-corrected chi connectivity index (χ3v) is 4.36. The number of carboxylic acid groups (broad SMARTS) is 1. The molecule has 2 amide bonds. The molecule has 0 spiro atoms. The summed E-state index contributed by atoms with van der Waals surface area (Å²) in [5.74, 6) is -1.34. The van der Waals surface area contributed by atoms with Crippen LogP contribution >= 0.6 is 0 Å². The minimum Gasteiger partial charge on any atom is -0.478 e. The van der Waals surface area contributed by atoms with Gasteiger partial charge in [-0.25, -0.2) is 9.59 Å². The van der Waals surface area contributed by atoms with Crippen LogP contribution in [0.3, 0.4) is 0 Å². The maximum Gasteiger partial charge on any atom is 0.410 e. The van der Waals surface area contributed by atoms with Crippen molar-refractivity contribution in [2.75, 3.05) is 26.2 Å². The number of piperazine rings is 1. The number of ether oxygens (including phenoxy) is 1. The number of benzene rings is 1. The molecular weight excluding hydrogens is 348 g/mol. The Kier molecular flexibility index (Phi) is 6.13. The Labute approximate surface area is 159 Å². The van der Waals surface area contributed by atoms with Crippen LogP contribution in [0.25, 0.3) is 0 Å². The van der Waals surface area contributed by atoms with Crippen LogP contribution in [0.15, 0.2) is 18.2 Å². The molecule has 7 nitrogen and oxygen atoms in total. The zero-order valence-corrected chi connectivity index (χ0v) is 16.6. The SMILES string of the molecule is CC(C)c1c(C(=O)O)cccc1C(=O)N1CCN(C(=O)OC(C)(C)C)CC1. The molecular formula is C20H28N2O5. The summed E-state index contributed by atoms with van der Waals surface area (Å²) in [6.45, 7) is 10.7. The van der Waals surface area contributed by atoms with Crippen molar-refractivity contribution in [2.45, 2.75) is 46.1 Å². The minimum absolute atomic E-state index is 0.0979. The van der Waals surface area contributed by atoms with Crippen LogP contribution in [-0.4, -0.2) is 64.7 Å². The summed E-state index contributed by atoms with van der Waals surface area (Å²) >= 11 is 0. The third-order valence-electron chi connectivity index (χ3n) is 4.36. The molecule has 1 aromatic carbocycles. The number of hydrogen-bond acceptors (Lipinski definition) is 4. The molecule has 27 heavy (non-hydrogen) atoms. The number of amides is 2. The largest absolute Gasteiger partial charge is 0.478 e. The molecule has 0 radical (unpaired) electrons. The Balaban J connectivity index is 2.14. The van der Waals surface area contributed by atoms with Gasteiger partial charge >= 0.3 is 12.1 Å². The maximum atomic E-state index is 13.0. The third kappa shape index (κ3) is 4.99. The van der Waals surface area contributed by atoms with Crippen molar-refractivity contribution in [3.8, 4) is 0 Å². The lowest BCUT2D eigenvalue weighted by Gasteiger charge is -2.36. The molecule has 0 saturated carbocycles. The predicted molar refractivity (Wildman–Crippen MR) is 101 cm³/mol.